The van der Waals surface area contributed by atoms with Gasteiger partial charge in [-0.05, 0) is 18.2 Å². The average Bonchev–Trinajstić information content (AvgIpc) is 2.90. The number of hydrogen-bond donors (Lipinski definition) is 1. The normalized spacial score (nSPS) is 10.7. The SMILES string of the molecule is O=C(Nc1nc2c(F)cc(F)cc2s1)c1ccc([N+](=O)[O-])cc1. The number of fused-ring (bicyclic) bond motifs is 1. The van der Waals surface area contributed by atoms with E-state index >= 15 is 0 Å². The zero-order chi connectivity index (χ0) is 16.6. The molecule has 0 unspecified atom stereocenters. The van der Waals surface area contributed by atoms with Crippen molar-refractivity contribution in [2.24, 2.45) is 0 Å². The van der Waals surface area contributed by atoms with Crippen molar-refractivity contribution in [1.82, 2.24) is 4.98 Å². The third-order valence-electron chi connectivity index (χ3n) is 2.97. The molecule has 9 heteroatoms. The zero-order valence-electron chi connectivity index (χ0n) is 11.2. The van der Waals surface area contributed by atoms with Gasteiger partial charge in [0.25, 0.3) is 11.6 Å². The largest absolute Gasteiger partial charge is 0.298 e. The number of carbonyl (C=O) groups is 1. The van der Waals surface area contributed by atoms with Crippen LogP contribution in [-0.2, 0) is 0 Å². The molecule has 23 heavy (non-hydrogen) atoms. The molecule has 0 spiro atoms. The number of nitro groups is 1. The highest BCUT2D eigenvalue weighted by molar-refractivity contribution is 7.22. The predicted octanol–water partition coefficient (Wildman–Crippen LogP) is 3.74. The van der Waals surface area contributed by atoms with Crippen LogP contribution < -0.4 is 5.32 Å². The highest BCUT2D eigenvalue weighted by Gasteiger charge is 2.14. The molecule has 116 valence electrons. The quantitative estimate of drug-likeness (QED) is 0.584. The first kappa shape index (κ1) is 15.0. The average molecular weight is 335 g/mol. The minimum absolute atomic E-state index is 0.0320. The molecule has 2 aromatic carbocycles. The van der Waals surface area contributed by atoms with Gasteiger partial charge in [-0.1, -0.05) is 11.3 Å². The van der Waals surface area contributed by atoms with E-state index < -0.39 is 22.5 Å². The highest BCUT2D eigenvalue weighted by Crippen LogP contribution is 2.29. The monoisotopic (exact) mass is 335 g/mol. The summed E-state index contributed by atoms with van der Waals surface area (Å²) in [5.74, 6) is -2.10. The van der Waals surface area contributed by atoms with Gasteiger partial charge < -0.3 is 0 Å². The van der Waals surface area contributed by atoms with E-state index in [2.05, 4.69) is 10.3 Å². The summed E-state index contributed by atoms with van der Waals surface area (Å²) in [5, 5.41) is 13.1. The molecule has 0 atom stereocenters. The Balaban J connectivity index is 1.85. The Morgan fingerprint density at radius 3 is 2.57 bits per heavy atom. The Hall–Kier alpha value is -2.94. The molecule has 0 fully saturated rings. The standard InChI is InChI=1S/C14H7F2N3O3S/c15-8-5-10(16)12-11(6-8)23-14(17-12)18-13(20)7-1-3-9(4-2-7)19(21)22/h1-6H,(H,17,18,20). The third kappa shape index (κ3) is 2.99. The van der Waals surface area contributed by atoms with E-state index in [1.54, 1.807) is 0 Å². The van der Waals surface area contributed by atoms with Crippen molar-refractivity contribution in [3.63, 3.8) is 0 Å². The third-order valence-corrected chi connectivity index (χ3v) is 3.89. The molecule has 1 N–H and O–H groups in total. The van der Waals surface area contributed by atoms with Crippen molar-refractivity contribution in [2.45, 2.75) is 0 Å². The summed E-state index contributed by atoms with van der Waals surface area (Å²) in [6.45, 7) is 0. The molecule has 0 radical (unpaired) electrons. The Labute approximate surface area is 131 Å². The second-order valence-corrected chi connectivity index (χ2v) is 5.54. The maximum atomic E-state index is 13.6. The summed E-state index contributed by atoms with van der Waals surface area (Å²) < 4.78 is 27.0. The lowest BCUT2D eigenvalue weighted by Crippen LogP contribution is -2.11. The van der Waals surface area contributed by atoms with E-state index in [1.165, 1.54) is 24.3 Å². The van der Waals surface area contributed by atoms with E-state index in [9.17, 15) is 23.7 Å². The van der Waals surface area contributed by atoms with Crippen LogP contribution in [0.3, 0.4) is 0 Å². The fraction of sp³-hybridized carbons (Fsp3) is 0. The Morgan fingerprint density at radius 1 is 1.22 bits per heavy atom. The van der Waals surface area contributed by atoms with Gasteiger partial charge in [0.05, 0.1) is 9.62 Å². The van der Waals surface area contributed by atoms with Crippen LogP contribution in [0.15, 0.2) is 36.4 Å². The number of thiazole rings is 1. The molecule has 6 nitrogen and oxygen atoms in total. The van der Waals surface area contributed by atoms with Gasteiger partial charge in [0.15, 0.2) is 10.9 Å². The van der Waals surface area contributed by atoms with Gasteiger partial charge in [0.2, 0.25) is 0 Å². The molecule has 0 saturated carbocycles. The van der Waals surface area contributed by atoms with Gasteiger partial charge in [-0.15, -0.1) is 0 Å². The summed E-state index contributed by atoms with van der Waals surface area (Å²) in [5.41, 5.74) is 0.0102. The number of anilines is 1. The zero-order valence-corrected chi connectivity index (χ0v) is 12.1. The molecule has 1 heterocycles. The number of aromatic nitrogens is 1. The van der Waals surface area contributed by atoms with Crippen LogP contribution in [0, 0.1) is 21.7 Å². The summed E-state index contributed by atoms with van der Waals surface area (Å²) >= 11 is 0.925. The number of benzene rings is 2. The first-order chi connectivity index (χ1) is 10.9. The molecular weight excluding hydrogens is 328 g/mol. The second kappa shape index (κ2) is 5.69. The molecule has 3 aromatic rings. The van der Waals surface area contributed by atoms with Crippen LogP contribution in [0.4, 0.5) is 19.6 Å². The van der Waals surface area contributed by atoms with Crippen molar-refractivity contribution in [3.05, 3.63) is 63.7 Å². The van der Waals surface area contributed by atoms with Crippen LogP contribution in [0.2, 0.25) is 0 Å². The molecule has 0 saturated heterocycles. The lowest BCUT2D eigenvalue weighted by Gasteiger charge is -2.00. The molecule has 0 aliphatic carbocycles. The Morgan fingerprint density at radius 2 is 1.91 bits per heavy atom. The maximum absolute atomic E-state index is 13.6. The minimum atomic E-state index is -0.813. The molecule has 0 aliphatic rings. The molecule has 0 aliphatic heterocycles. The maximum Gasteiger partial charge on any atom is 0.269 e. The molecule has 0 bridgehead atoms. The second-order valence-electron chi connectivity index (χ2n) is 4.51. The van der Waals surface area contributed by atoms with Crippen LogP contribution in [-0.4, -0.2) is 15.8 Å². The smallest absolute Gasteiger partial charge is 0.269 e. The summed E-state index contributed by atoms with van der Waals surface area (Å²) in [6, 6.07) is 6.81. The number of carbonyl (C=O) groups excluding carboxylic acids is 1. The van der Waals surface area contributed by atoms with Crippen LogP contribution in [0.1, 0.15) is 10.4 Å². The predicted molar refractivity (Wildman–Crippen MR) is 80.6 cm³/mol. The van der Waals surface area contributed by atoms with Gasteiger partial charge in [-0.2, -0.15) is 0 Å². The topological polar surface area (TPSA) is 85.1 Å². The van der Waals surface area contributed by atoms with E-state index in [0.29, 0.717) is 6.07 Å². The Kier molecular flexibility index (Phi) is 3.70. The van der Waals surface area contributed by atoms with Gasteiger partial charge in [0.1, 0.15) is 11.3 Å². The van der Waals surface area contributed by atoms with Crippen molar-refractivity contribution >= 4 is 38.3 Å². The first-order valence-electron chi connectivity index (χ1n) is 6.25. The number of nitrogens with zero attached hydrogens (tertiary/aromatic N) is 2. The van der Waals surface area contributed by atoms with E-state index in [1.807, 2.05) is 0 Å². The van der Waals surface area contributed by atoms with Crippen LogP contribution in [0.25, 0.3) is 10.2 Å². The number of hydrogen-bond acceptors (Lipinski definition) is 5. The van der Waals surface area contributed by atoms with Crippen molar-refractivity contribution < 1.29 is 18.5 Å². The van der Waals surface area contributed by atoms with Crippen molar-refractivity contribution in [1.29, 1.82) is 0 Å². The van der Waals surface area contributed by atoms with E-state index in [-0.39, 0.29) is 26.6 Å². The molecule has 1 amide bonds. The number of rotatable bonds is 3. The number of nitrogens with one attached hydrogen (secondary N) is 1. The molecular formula is C14H7F2N3O3S. The number of halogens is 2. The lowest BCUT2D eigenvalue weighted by molar-refractivity contribution is -0.384. The highest BCUT2D eigenvalue weighted by atomic mass is 32.1. The van der Waals surface area contributed by atoms with Gasteiger partial charge in [0, 0.05) is 23.8 Å². The minimum Gasteiger partial charge on any atom is -0.298 e. The van der Waals surface area contributed by atoms with Gasteiger partial charge in [-0.25, -0.2) is 13.8 Å². The van der Waals surface area contributed by atoms with Crippen LogP contribution in [0.5, 0.6) is 0 Å². The summed E-state index contributed by atoms with van der Waals surface area (Å²) in [4.78, 5) is 25.9. The fourth-order valence-corrected chi connectivity index (χ4v) is 2.81. The summed E-state index contributed by atoms with van der Waals surface area (Å²) in [6.07, 6.45) is 0. The van der Waals surface area contributed by atoms with Crippen molar-refractivity contribution in [2.75, 3.05) is 5.32 Å². The van der Waals surface area contributed by atoms with Gasteiger partial charge >= 0.3 is 0 Å². The summed E-state index contributed by atoms with van der Waals surface area (Å²) in [7, 11) is 0. The number of amides is 1. The molecule has 3 rings (SSSR count). The molecule has 1 aromatic heterocycles. The van der Waals surface area contributed by atoms with Gasteiger partial charge in [-0.3, -0.25) is 20.2 Å². The van der Waals surface area contributed by atoms with E-state index in [4.69, 9.17) is 0 Å². The number of nitro benzene ring substituents is 1. The van der Waals surface area contributed by atoms with E-state index in [0.717, 1.165) is 17.4 Å². The lowest BCUT2D eigenvalue weighted by atomic mass is 10.2. The number of non-ortho nitro benzene ring substituents is 1. The fourth-order valence-electron chi connectivity index (χ4n) is 1.91. The first-order valence-corrected chi connectivity index (χ1v) is 7.07. The Bertz CT molecular complexity index is 925. The van der Waals surface area contributed by atoms with Crippen molar-refractivity contribution in [3.8, 4) is 0 Å². The van der Waals surface area contributed by atoms with Crippen LogP contribution >= 0.6 is 11.3 Å².